The summed E-state index contributed by atoms with van der Waals surface area (Å²) in [5.74, 6) is -0.929. The lowest BCUT2D eigenvalue weighted by Gasteiger charge is -2.23. The number of benzene rings is 2. The van der Waals surface area contributed by atoms with Gasteiger partial charge < -0.3 is 16.8 Å². The zero-order chi connectivity index (χ0) is 19.1. The number of nitrogens with two attached hydrogens (primary N) is 2. The monoisotopic (exact) mass is 353 g/mol. The van der Waals surface area contributed by atoms with Crippen LogP contribution in [-0.2, 0) is 16.0 Å². The van der Waals surface area contributed by atoms with Crippen molar-refractivity contribution in [3.63, 3.8) is 0 Å². The molecule has 0 fully saturated rings. The van der Waals surface area contributed by atoms with Crippen LogP contribution >= 0.6 is 0 Å². The Balaban J connectivity index is 1.99. The van der Waals surface area contributed by atoms with Crippen LogP contribution in [-0.4, -0.2) is 23.9 Å². The Kier molecular flexibility index (Phi) is 6.92. The molecule has 5 N–H and O–H groups in total. The molecule has 0 aliphatic carbocycles. The van der Waals surface area contributed by atoms with E-state index in [1.165, 1.54) is 0 Å². The predicted molar refractivity (Wildman–Crippen MR) is 104 cm³/mol. The number of carbonyl (C=O) groups excluding carboxylic acids is 2. The molecule has 26 heavy (non-hydrogen) atoms. The van der Waals surface area contributed by atoms with Gasteiger partial charge in [0.1, 0.15) is 6.04 Å². The fourth-order valence-electron chi connectivity index (χ4n) is 2.80. The zero-order valence-corrected chi connectivity index (χ0v) is 15.3. The molecule has 2 aromatic rings. The number of primary amides is 1. The van der Waals surface area contributed by atoms with E-state index in [4.69, 9.17) is 11.5 Å². The van der Waals surface area contributed by atoms with Gasteiger partial charge in [0.15, 0.2) is 0 Å². The van der Waals surface area contributed by atoms with Gasteiger partial charge in [-0.15, -0.1) is 0 Å². The number of nitrogens with one attached hydrogen (secondary N) is 1. The summed E-state index contributed by atoms with van der Waals surface area (Å²) in [4.78, 5) is 23.9. The first-order valence-electron chi connectivity index (χ1n) is 8.92. The minimum Gasteiger partial charge on any atom is -0.368 e. The summed E-state index contributed by atoms with van der Waals surface area (Å²) in [6, 6.07) is 16.6. The first kappa shape index (κ1) is 19.7. The topological polar surface area (TPSA) is 98.2 Å². The van der Waals surface area contributed by atoms with Gasteiger partial charge >= 0.3 is 0 Å². The van der Waals surface area contributed by atoms with Gasteiger partial charge in [-0.2, -0.15) is 0 Å². The van der Waals surface area contributed by atoms with Gasteiger partial charge in [-0.25, -0.2) is 0 Å². The molecule has 0 bridgehead atoms. The first-order chi connectivity index (χ1) is 12.4. The average molecular weight is 353 g/mol. The van der Waals surface area contributed by atoms with E-state index < -0.39 is 18.0 Å². The van der Waals surface area contributed by atoms with E-state index in [1.807, 2.05) is 68.4 Å². The van der Waals surface area contributed by atoms with Crippen molar-refractivity contribution in [1.82, 2.24) is 5.32 Å². The van der Waals surface area contributed by atoms with E-state index in [0.29, 0.717) is 6.42 Å². The highest BCUT2D eigenvalue weighted by Gasteiger charge is 2.26. The van der Waals surface area contributed by atoms with Crippen molar-refractivity contribution >= 4 is 11.8 Å². The fraction of sp³-hybridized carbons (Fsp3) is 0.333. The molecule has 138 valence electrons. The number of hydrogen-bond donors (Lipinski definition) is 3. The van der Waals surface area contributed by atoms with Gasteiger partial charge in [-0.3, -0.25) is 9.59 Å². The van der Waals surface area contributed by atoms with Crippen LogP contribution in [0.15, 0.2) is 54.6 Å². The van der Waals surface area contributed by atoms with Crippen molar-refractivity contribution in [3.05, 3.63) is 60.2 Å². The molecule has 2 aromatic carbocycles. The number of rotatable bonds is 8. The average Bonchev–Trinajstić information content (AvgIpc) is 2.66. The maximum Gasteiger partial charge on any atom is 0.240 e. The number of amides is 2. The van der Waals surface area contributed by atoms with Crippen LogP contribution in [0.1, 0.15) is 25.8 Å². The minimum atomic E-state index is -0.733. The molecule has 0 aliphatic rings. The largest absolute Gasteiger partial charge is 0.368 e. The van der Waals surface area contributed by atoms with Crippen molar-refractivity contribution < 1.29 is 9.59 Å². The van der Waals surface area contributed by atoms with Gasteiger partial charge in [-0.1, -0.05) is 74.9 Å². The van der Waals surface area contributed by atoms with Crippen LogP contribution in [0.2, 0.25) is 0 Å². The van der Waals surface area contributed by atoms with Gasteiger partial charge in [0.2, 0.25) is 11.8 Å². The Morgan fingerprint density at radius 2 is 1.58 bits per heavy atom. The molecule has 0 radical (unpaired) electrons. The second kappa shape index (κ2) is 9.15. The molecule has 0 saturated carbocycles. The molecule has 2 amide bonds. The molecule has 3 atom stereocenters. The Morgan fingerprint density at radius 3 is 2.12 bits per heavy atom. The summed E-state index contributed by atoms with van der Waals surface area (Å²) in [7, 11) is 0. The smallest absolute Gasteiger partial charge is 0.240 e. The van der Waals surface area contributed by atoms with Crippen LogP contribution < -0.4 is 16.8 Å². The highest BCUT2D eigenvalue weighted by Crippen LogP contribution is 2.19. The van der Waals surface area contributed by atoms with Gasteiger partial charge in [0.25, 0.3) is 0 Å². The quantitative estimate of drug-likeness (QED) is 0.679. The van der Waals surface area contributed by atoms with Crippen molar-refractivity contribution in [2.75, 3.05) is 0 Å². The molecule has 0 heterocycles. The molecule has 0 aromatic heterocycles. The normalized spacial score (nSPS) is 14.3. The molecule has 0 saturated heterocycles. The van der Waals surface area contributed by atoms with Crippen LogP contribution in [0.25, 0.3) is 11.1 Å². The van der Waals surface area contributed by atoms with Gasteiger partial charge in [-0.05, 0) is 29.0 Å². The van der Waals surface area contributed by atoms with Crippen molar-refractivity contribution in [2.24, 2.45) is 17.4 Å². The SMILES string of the molecule is CC[C@H](C)[C@H](NC(=O)[C@@H](N)Cc1ccc(-c2ccccc2)cc1)C(N)=O. The third-order valence-electron chi connectivity index (χ3n) is 4.67. The van der Waals surface area contributed by atoms with Crippen LogP contribution in [0, 0.1) is 5.92 Å². The van der Waals surface area contributed by atoms with E-state index in [1.54, 1.807) is 0 Å². The van der Waals surface area contributed by atoms with E-state index in [2.05, 4.69) is 5.32 Å². The van der Waals surface area contributed by atoms with E-state index in [-0.39, 0.29) is 11.8 Å². The second-order valence-electron chi connectivity index (χ2n) is 6.65. The number of hydrogen-bond acceptors (Lipinski definition) is 3. The second-order valence-corrected chi connectivity index (χ2v) is 6.65. The predicted octanol–water partition coefficient (Wildman–Crippen LogP) is 2.24. The third kappa shape index (κ3) is 5.17. The summed E-state index contributed by atoms with van der Waals surface area (Å²) >= 11 is 0. The summed E-state index contributed by atoms with van der Waals surface area (Å²) in [5.41, 5.74) is 14.6. The highest BCUT2D eigenvalue weighted by molar-refractivity contribution is 5.89. The molecule has 0 spiro atoms. The standard InChI is InChI=1S/C21H27N3O2/c1-3-14(2)19(20(23)25)24-21(26)18(22)13-15-9-11-17(12-10-15)16-7-5-4-6-8-16/h4-12,14,18-19H,3,13,22H2,1-2H3,(H2,23,25)(H,24,26)/t14-,18-,19-/m0/s1. The number of carbonyl (C=O) groups is 2. The molecule has 2 rings (SSSR count). The molecular formula is C21H27N3O2. The summed E-state index contributed by atoms with van der Waals surface area (Å²) in [5, 5.41) is 2.69. The first-order valence-corrected chi connectivity index (χ1v) is 8.92. The van der Waals surface area contributed by atoms with Gasteiger partial charge in [0.05, 0.1) is 6.04 Å². The fourth-order valence-corrected chi connectivity index (χ4v) is 2.80. The minimum absolute atomic E-state index is 0.0335. The Hall–Kier alpha value is -2.66. The zero-order valence-electron chi connectivity index (χ0n) is 15.3. The Bertz CT molecular complexity index is 729. The van der Waals surface area contributed by atoms with Crippen molar-refractivity contribution in [1.29, 1.82) is 0 Å². The maximum absolute atomic E-state index is 12.3. The van der Waals surface area contributed by atoms with E-state index in [0.717, 1.165) is 23.1 Å². The van der Waals surface area contributed by atoms with Crippen LogP contribution in [0.5, 0.6) is 0 Å². The van der Waals surface area contributed by atoms with Crippen molar-refractivity contribution in [3.8, 4) is 11.1 Å². The highest BCUT2D eigenvalue weighted by atomic mass is 16.2. The molecular weight excluding hydrogens is 326 g/mol. The lowest BCUT2D eigenvalue weighted by molar-refractivity contribution is -0.129. The van der Waals surface area contributed by atoms with Gasteiger partial charge in [0, 0.05) is 0 Å². The summed E-state index contributed by atoms with van der Waals surface area (Å²) in [6.45, 7) is 3.82. The Morgan fingerprint density at radius 1 is 1.00 bits per heavy atom. The lowest BCUT2D eigenvalue weighted by Crippen LogP contribution is -2.53. The molecule has 0 aliphatic heterocycles. The summed E-state index contributed by atoms with van der Waals surface area (Å²) in [6.07, 6.45) is 1.14. The third-order valence-corrected chi connectivity index (χ3v) is 4.67. The van der Waals surface area contributed by atoms with Crippen LogP contribution in [0.3, 0.4) is 0 Å². The lowest BCUT2D eigenvalue weighted by atomic mass is 9.97. The summed E-state index contributed by atoms with van der Waals surface area (Å²) < 4.78 is 0. The molecule has 5 heteroatoms. The Labute approximate surface area is 154 Å². The molecule has 0 unspecified atom stereocenters. The van der Waals surface area contributed by atoms with E-state index in [9.17, 15) is 9.59 Å². The van der Waals surface area contributed by atoms with Crippen molar-refractivity contribution in [2.45, 2.75) is 38.8 Å². The van der Waals surface area contributed by atoms with E-state index >= 15 is 0 Å². The molecule has 5 nitrogen and oxygen atoms in total. The maximum atomic E-state index is 12.3. The van der Waals surface area contributed by atoms with Crippen LogP contribution in [0.4, 0.5) is 0 Å².